The van der Waals surface area contributed by atoms with Crippen LogP contribution in [0.3, 0.4) is 0 Å². The number of methoxy groups -OCH3 is 1. The van der Waals surface area contributed by atoms with Crippen molar-refractivity contribution in [2.45, 2.75) is 37.6 Å². The maximum Gasteiger partial charge on any atom is 0.168 e. The van der Waals surface area contributed by atoms with Gasteiger partial charge < -0.3 is 10.5 Å². The molecule has 1 fully saturated rings. The van der Waals surface area contributed by atoms with Crippen LogP contribution in [-0.4, -0.2) is 7.11 Å². The highest BCUT2D eigenvalue weighted by molar-refractivity contribution is 5.42. The van der Waals surface area contributed by atoms with Crippen LogP contribution in [0.1, 0.15) is 37.7 Å². The van der Waals surface area contributed by atoms with Crippen LogP contribution in [0.25, 0.3) is 0 Å². The predicted octanol–water partition coefficient (Wildman–Crippen LogP) is 3.23. The molecule has 1 aromatic carbocycles. The van der Waals surface area contributed by atoms with Crippen molar-refractivity contribution in [3.05, 3.63) is 29.1 Å². The smallest absolute Gasteiger partial charge is 0.168 e. The van der Waals surface area contributed by atoms with Gasteiger partial charge in [0.05, 0.1) is 12.7 Å². The molecule has 1 aliphatic carbocycles. The lowest BCUT2D eigenvalue weighted by atomic mass is 9.76. The van der Waals surface area contributed by atoms with Crippen molar-refractivity contribution in [1.82, 2.24) is 0 Å². The predicted molar refractivity (Wildman–Crippen MR) is 61.8 cm³/mol. The van der Waals surface area contributed by atoms with Crippen molar-refractivity contribution >= 4 is 0 Å². The Hall–Kier alpha value is -1.23. The Balaban J connectivity index is 2.60. The average Bonchev–Trinajstić information content (AvgIpc) is 2.34. The Morgan fingerprint density at radius 1 is 1.11 bits per heavy atom. The average molecular weight is 259 g/mol. The topological polar surface area (TPSA) is 35.2 Å². The Bertz CT molecular complexity index is 456. The molecular weight excluding hydrogens is 243 g/mol. The molecule has 1 aromatic rings. The molecule has 0 spiro atoms. The van der Waals surface area contributed by atoms with E-state index in [-0.39, 0.29) is 11.3 Å². The van der Waals surface area contributed by atoms with Crippen LogP contribution < -0.4 is 10.5 Å². The minimum atomic E-state index is -1.22. The van der Waals surface area contributed by atoms with Gasteiger partial charge in [0.15, 0.2) is 23.2 Å². The fourth-order valence-corrected chi connectivity index (χ4v) is 2.66. The number of hydrogen-bond acceptors (Lipinski definition) is 2. The Labute approximate surface area is 104 Å². The molecular formula is C13H16F3NO. The molecule has 5 heteroatoms. The van der Waals surface area contributed by atoms with Gasteiger partial charge in [0.2, 0.25) is 0 Å². The molecule has 1 saturated carbocycles. The third-order valence-electron chi connectivity index (χ3n) is 3.57. The molecule has 1 aliphatic rings. The van der Waals surface area contributed by atoms with E-state index in [4.69, 9.17) is 10.5 Å². The van der Waals surface area contributed by atoms with Crippen LogP contribution >= 0.6 is 0 Å². The number of benzene rings is 1. The fraction of sp³-hybridized carbons (Fsp3) is 0.538. The molecule has 0 atom stereocenters. The molecule has 0 amide bonds. The molecule has 0 radical (unpaired) electrons. The second-order valence-electron chi connectivity index (χ2n) is 4.78. The molecule has 2 rings (SSSR count). The molecule has 0 heterocycles. The monoisotopic (exact) mass is 259 g/mol. The number of halogens is 3. The summed E-state index contributed by atoms with van der Waals surface area (Å²) in [6.45, 7) is 0. The summed E-state index contributed by atoms with van der Waals surface area (Å²) >= 11 is 0. The molecule has 0 bridgehead atoms. The van der Waals surface area contributed by atoms with E-state index < -0.39 is 23.0 Å². The standard InChI is InChI=1S/C13H16F3NO/c1-18-12-9(15)7-8(14)11(16)10(12)13(17)5-3-2-4-6-13/h7H,2-6,17H2,1H3. The Morgan fingerprint density at radius 3 is 2.28 bits per heavy atom. The summed E-state index contributed by atoms with van der Waals surface area (Å²) in [4.78, 5) is 0. The van der Waals surface area contributed by atoms with Crippen molar-refractivity contribution in [2.24, 2.45) is 5.73 Å². The van der Waals surface area contributed by atoms with Crippen LogP contribution in [0.15, 0.2) is 6.07 Å². The minimum absolute atomic E-state index is 0.165. The van der Waals surface area contributed by atoms with Gasteiger partial charge in [-0.25, -0.2) is 13.2 Å². The van der Waals surface area contributed by atoms with Crippen LogP contribution in [0.5, 0.6) is 5.75 Å². The molecule has 100 valence electrons. The highest BCUT2D eigenvalue weighted by atomic mass is 19.2. The summed E-state index contributed by atoms with van der Waals surface area (Å²) in [6.07, 6.45) is 3.64. The Morgan fingerprint density at radius 2 is 1.72 bits per heavy atom. The lowest BCUT2D eigenvalue weighted by molar-refractivity contribution is 0.269. The van der Waals surface area contributed by atoms with E-state index in [0.29, 0.717) is 18.9 Å². The zero-order valence-corrected chi connectivity index (χ0v) is 10.2. The third kappa shape index (κ3) is 2.07. The Kier molecular flexibility index (Phi) is 3.52. The number of nitrogens with two attached hydrogens (primary N) is 1. The van der Waals surface area contributed by atoms with E-state index in [1.165, 1.54) is 7.11 Å². The second kappa shape index (κ2) is 4.80. The highest BCUT2D eigenvalue weighted by Crippen LogP contribution is 2.42. The molecule has 0 aromatic heterocycles. The van der Waals surface area contributed by atoms with Gasteiger partial charge in [-0.3, -0.25) is 0 Å². The number of ether oxygens (including phenoxy) is 1. The first-order chi connectivity index (χ1) is 8.49. The van der Waals surface area contributed by atoms with E-state index in [1.807, 2.05) is 0 Å². The van der Waals surface area contributed by atoms with Gasteiger partial charge in [0, 0.05) is 11.6 Å². The van der Waals surface area contributed by atoms with E-state index >= 15 is 0 Å². The highest BCUT2D eigenvalue weighted by Gasteiger charge is 2.37. The van der Waals surface area contributed by atoms with Crippen molar-refractivity contribution in [3.63, 3.8) is 0 Å². The zero-order chi connectivity index (χ0) is 13.3. The summed E-state index contributed by atoms with van der Waals surface area (Å²) in [5.41, 5.74) is 4.93. The summed E-state index contributed by atoms with van der Waals surface area (Å²) in [5, 5.41) is 0. The van der Waals surface area contributed by atoms with Crippen molar-refractivity contribution < 1.29 is 17.9 Å². The van der Waals surface area contributed by atoms with Gasteiger partial charge in [-0.05, 0) is 12.8 Å². The van der Waals surface area contributed by atoms with Crippen molar-refractivity contribution in [1.29, 1.82) is 0 Å². The third-order valence-corrected chi connectivity index (χ3v) is 3.57. The van der Waals surface area contributed by atoms with Gasteiger partial charge in [-0.2, -0.15) is 0 Å². The van der Waals surface area contributed by atoms with Gasteiger partial charge in [0.25, 0.3) is 0 Å². The number of hydrogen-bond donors (Lipinski definition) is 1. The summed E-state index contributed by atoms with van der Waals surface area (Å²) in [6, 6.07) is 0.490. The molecule has 0 unspecified atom stereocenters. The van der Waals surface area contributed by atoms with E-state index in [0.717, 1.165) is 19.3 Å². The normalized spacial score (nSPS) is 18.7. The van der Waals surface area contributed by atoms with Crippen molar-refractivity contribution in [3.8, 4) is 5.75 Å². The van der Waals surface area contributed by atoms with E-state index in [1.54, 1.807) is 0 Å². The van der Waals surface area contributed by atoms with E-state index in [2.05, 4.69) is 0 Å². The van der Waals surface area contributed by atoms with Crippen LogP contribution in [0.2, 0.25) is 0 Å². The quantitative estimate of drug-likeness (QED) is 0.827. The van der Waals surface area contributed by atoms with Gasteiger partial charge in [0.1, 0.15) is 0 Å². The van der Waals surface area contributed by atoms with Gasteiger partial charge >= 0.3 is 0 Å². The first-order valence-electron chi connectivity index (χ1n) is 6.00. The first kappa shape index (κ1) is 13.2. The lowest BCUT2D eigenvalue weighted by Gasteiger charge is -2.35. The molecule has 0 saturated heterocycles. The van der Waals surface area contributed by atoms with Crippen molar-refractivity contribution in [2.75, 3.05) is 7.11 Å². The van der Waals surface area contributed by atoms with Gasteiger partial charge in [-0.15, -0.1) is 0 Å². The summed E-state index contributed by atoms with van der Waals surface area (Å²) < 4.78 is 45.8. The summed E-state index contributed by atoms with van der Waals surface area (Å²) in [5.74, 6) is -3.52. The molecule has 2 nitrogen and oxygen atoms in total. The molecule has 2 N–H and O–H groups in total. The zero-order valence-electron chi connectivity index (χ0n) is 10.2. The largest absolute Gasteiger partial charge is 0.493 e. The van der Waals surface area contributed by atoms with Crippen LogP contribution in [0.4, 0.5) is 13.2 Å². The second-order valence-corrected chi connectivity index (χ2v) is 4.78. The van der Waals surface area contributed by atoms with Gasteiger partial charge in [-0.1, -0.05) is 19.3 Å². The maximum atomic E-state index is 14.0. The summed E-state index contributed by atoms with van der Waals surface area (Å²) in [7, 11) is 1.23. The lowest BCUT2D eigenvalue weighted by Crippen LogP contribution is -2.40. The minimum Gasteiger partial charge on any atom is -0.493 e. The van der Waals surface area contributed by atoms with E-state index in [9.17, 15) is 13.2 Å². The molecule has 18 heavy (non-hydrogen) atoms. The SMILES string of the molecule is COc1c(F)cc(F)c(F)c1C1(N)CCCCC1. The van der Waals surface area contributed by atoms with Crippen LogP contribution in [0, 0.1) is 17.5 Å². The number of rotatable bonds is 2. The first-order valence-corrected chi connectivity index (χ1v) is 6.00. The van der Waals surface area contributed by atoms with Crippen LogP contribution in [-0.2, 0) is 5.54 Å². The fourth-order valence-electron chi connectivity index (χ4n) is 2.66. The molecule has 0 aliphatic heterocycles. The maximum absolute atomic E-state index is 14.0.